The van der Waals surface area contributed by atoms with Gasteiger partial charge in [-0.3, -0.25) is 0 Å². The van der Waals surface area contributed by atoms with Gasteiger partial charge in [0, 0.05) is 17.2 Å². The first-order valence-electron chi connectivity index (χ1n) is 9.00. The highest BCUT2D eigenvalue weighted by molar-refractivity contribution is 7.98. The molecule has 3 nitrogen and oxygen atoms in total. The molecular formula is C22H20Cl2N2OS. The Morgan fingerprint density at radius 3 is 2.43 bits per heavy atom. The van der Waals surface area contributed by atoms with Gasteiger partial charge < -0.3 is 16.2 Å². The van der Waals surface area contributed by atoms with Crippen LogP contribution in [0.15, 0.2) is 65.6 Å². The summed E-state index contributed by atoms with van der Waals surface area (Å²) in [5, 5.41) is 15.0. The summed E-state index contributed by atoms with van der Waals surface area (Å²) < 4.78 is 0. The van der Waals surface area contributed by atoms with E-state index in [0.717, 1.165) is 5.75 Å². The van der Waals surface area contributed by atoms with E-state index in [9.17, 15) is 5.11 Å². The summed E-state index contributed by atoms with van der Waals surface area (Å²) in [6.45, 7) is 0.356. The van der Waals surface area contributed by atoms with Crippen LogP contribution >= 0.6 is 35.0 Å². The van der Waals surface area contributed by atoms with Crippen LogP contribution in [0.3, 0.4) is 0 Å². The van der Waals surface area contributed by atoms with Crippen LogP contribution in [0.2, 0.25) is 10.0 Å². The van der Waals surface area contributed by atoms with Gasteiger partial charge in [-0.05, 0) is 40.5 Å². The second-order valence-corrected chi connectivity index (χ2v) is 8.61. The molecule has 0 amide bonds. The molecule has 0 bridgehead atoms. The smallest absolute Gasteiger partial charge is 0.0915 e. The molecule has 28 heavy (non-hydrogen) atoms. The molecule has 0 aromatic heterocycles. The fraction of sp³-hybridized carbons (Fsp3) is 0.182. The van der Waals surface area contributed by atoms with Crippen LogP contribution < -0.4 is 11.1 Å². The predicted octanol–water partition coefficient (Wildman–Crippen LogP) is 5.59. The van der Waals surface area contributed by atoms with E-state index in [-0.39, 0.29) is 6.04 Å². The van der Waals surface area contributed by atoms with Gasteiger partial charge in [0.1, 0.15) is 0 Å². The molecule has 3 aromatic rings. The first-order valence-corrected chi connectivity index (χ1v) is 10.7. The summed E-state index contributed by atoms with van der Waals surface area (Å²) in [7, 11) is 0. The molecule has 0 aliphatic carbocycles. The minimum atomic E-state index is -0.758. The molecule has 144 valence electrons. The Hall–Kier alpha value is -1.69. The van der Waals surface area contributed by atoms with Crippen LogP contribution in [0, 0.1) is 0 Å². The van der Waals surface area contributed by atoms with Crippen molar-refractivity contribution in [3.05, 3.63) is 93.0 Å². The van der Waals surface area contributed by atoms with E-state index >= 15 is 0 Å². The van der Waals surface area contributed by atoms with Crippen molar-refractivity contribution in [3.8, 4) is 0 Å². The van der Waals surface area contributed by atoms with Gasteiger partial charge in [-0.15, -0.1) is 11.8 Å². The Morgan fingerprint density at radius 2 is 1.68 bits per heavy atom. The number of hydrogen-bond acceptors (Lipinski definition) is 4. The zero-order valence-electron chi connectivity index (χ0n) is 15.0. The van der Waals surface area contributed by atoms with Crippen molar-refractivity contribution < 1.29 is 5.11 Å². The van der Waals surface area contributed by atoms with Crippen molar-refractivity contribution in [2.24, 2.45) is 0 Å². The van der Waals surface area contributed by atoms with Gasteiger partial charge >= 0.3 is 0 Å². The molecule has 3 aromatic carbocycles. The lowest BCUT2D eigenvalue weighted by Gasteiger charge is -2.23. The molecular weight excluding hydrogens is 411 g/mol. The Morgan fingerprint density at radius 1 is 1.04 bits per heavy atom. The third-order valence-electron chi connectivity index (χ3n) is 4.98. The number of rotatable bonds is 4. The average Bonchev–Trinajstić information content (AvgIpc) is 2.87. The largest absolute Gasteiger partial charge is 0.396 e. The molecule has 0 unspecified atom stereocenters. The molecule has 4 rings (SSSR count). The summed E-state index contributed by atoms with van der Waals surface area (Å²) >= 11 is 14.1. The maximum absolute atomic E-state index is 10.7. The topological polar surface area (TPSA) is 58.3 Å². The molecule has 0 saturated carbocycles. The van der Waals surface area contributed by atoms with Gasteiger partial charge in [-0.2, -0.15) is 0 Å². The van der Waals surface area contributed by atoms with E-state index in [1.54, 1.807) is 12.1 Å². The van der Waals surface area contributed by atoms with Crippen molar-refractivity contribution in [1.29, 1.82) is 0 Å². The zero-order valence-corrected chi connectivity index (χ0v) is 17.4. The molecule has 4 N–H and O–H groups in total. The Bertz CT molecular complexity index is 941. The first kappa shape index (κ1) is 19.6. The Kier molecular flexibility index (Phi) is 5.85. The second-order valence-electron chi connectivity index (χ2n) is 6.78. The van der Waals surface area contributed by atoms with E-state index in [2.05, 4.69) is 53.8 Å². The second kappa shape index (κ2) is 8.36. The highest BCUT2D eigenvalue weighted by atomic mass is 35.5. The minimum absolute atomic E-state index is 0.00299. The number of hydrogen-bond donors (Lipinski definition) is 3. The van der Waals surface area contributed by atoms with Crippen LogP contribution in [0.5, 0.6) is 0 Å². The number of thioether (sulfide) groups is 1. The van der Waals surface area contributed by atoms with E-state index in [1.165, 1.54) is 21.6 Å². The van der Waals surface area contributed by atoms with Crippen LogP contribution in [-0.2, 0) is 5.75 Å². The van der Waals surface area contributed by atoms with E-state index in [4.69, 9.17) is 28.9 Å². The van der Waals surface area contributed by atoms with Gasteiger partial charge in [0.25, 0.3) is 0 Å². The van der Waals surface area contributed by atoms with Crippen molar-refractivity contribution in [1.82, 2.24) is 5.32 Å². The van der Waals surface area contributed by atoms with E-state index in [1.807, 2.05) is 11.8 Å². The highest BCUT2D eigenvalue weighted by Crippen LogP contribution is 2.39. The standard InChI is InChI=1S/C22H20Cl2N2OS/c23-17-9-14(10-18(24)21(17)25)19(27)11-26-22-15-6-2-1-5-13(15)12-28-20-8-4-3-7-16(20)22/h1-10,19,22,26-27H,11-12,25H2/t19-,22+/m0/s1. The lowest BCUT2D eigenvalue weighted by atomic mass is 9.94. The van der Waals surface area contributed by atoms with Crippen molar-refractivity contribution in [3.63, 3.8) is 0 Å². The van der Waals surface area contributed by atoms with Gasteiger partial charge in [0.2, 0.25) is 0 Å². The lowest BCUT2D eigenvalue weighted by molar-refractivity contribution is 0.172. The molecule has 0 fully saturated rings. The highest BCUT2D eigenvalue weighted by Gasteiger charge is 2.24. The summed E-state index contributed by atoms with van der Waals surface area (Å²) in [5.74, 6) is 0.928. The maximum atomic E-state index is 10.7. The van der Waals surface area contributed by atoms with Gasteiger partial charge in [0.15, 0.2) is 0 Å². The summed E-state index contributed by atoms with van der Waals surface area (Å²) in [5.41, 5.74) is 10.5. The number of aliphatic hydroxyl groups is 1. The third-order valence-corrected chi connectivity index (χ3v) is 6.74. The van der Waals surface area contributed by atoms with Crippen LogP contribution in [-0.4, -0.2) is 11.7 Å². The summed E-state index contributed by atoms with van der Waals surface area (Å²) in [4.78, 5) is 1.25. The van der Waals surface area contributed by atoms with Crippen LogP contribution in [0.1, 0.15) is 34.4 Å². The van der Waals surface area contributed by atoms with Crippen LogP contribution in [0.25, 0.3) is 0 Å². The number of nitrogens with one attached hydrogen (secondary N) is 1. The summed E-state index contributed by atoms with van der Waals surface area (Å²) in [6, 6.07) is 20.2. The SMILES string of the molecule is Nc1c(Cl)cc([C@@H](O)CN[C@@H]2c3ccccc3CSc3ccccc32)cc1Cl. The predicted molar refractivity (Wildman–Crippen MR) is 118 cm³/mol. The fourth-order valence-corrected chi connectivity index (χ4v) is 5.09. The fourth-order valence-electron chi connectivity index (χ4n) is 3.48. The quantitative estimate of drug-likeness (QED) is 0.471. The molecule has 0 saturated heterocycles. The lowest BCUT2D eigenvalue weighted by Crippen LogP contribution is -2.28. The van der Waals surface area contributed by atoms with E-state index in [0.29, 0.717) is 27.8 Å². The Balaban J connectivity index is 1.62. The number of fused-ring (bicyclic) bond motifs is 2. The monoisotopic (exact) mass is 430 g/mol. The average molecular weight is 431 g/mol. The van der Waals surface area contributed by atoms with Crippen molar-refractivity contribution >= 4 is 40.7 Å². The summed E-state index contributed by atoms with van der Waals surface area (Å²) in [6.07, 6.45) is -0.758. The van der Waals surface area contributed by atoms with Crippen molar-refractivity contribution in [2.45, 2.75) is 22.8 Å². The molecule has 6 heteroatoms. The molecule has 1 heterocycles. The van der Waals surface area contributed by atoms with Gasteiger partial charge in [-0.1, -0.05) is 65.7 Å². The minimum Gasteiger partial charge on any atom is -0.396 e. The number of nitrogen functional groups attached to an aromatic ring is 1. The first-order chi connectivity index (χ1) is 13.5. The van der Waals surface area contributed by atoms with Crippen molar-refractivity contribution in [2.75, 3.05) is 12.3 Å². The Labute approximate surface area is 178 Å². The number of halogens is 2. The van der Waals surface area contributed by atoms with Gasteiger partial charge in [0.05, 0.1) is 27.9 Å². The number of nitrogens with two attached hydrogens (primary N) is 1. The normalized spacial score (nSPS) is 16.8. The number of anilines is 1. The molecule has 0 spiro atoms. The van der Waals surface area contributed by atoms with Crippen LogP contribution in [0.4, 0.5) is 5.69 Å². The molecule has 1 aliphatic rings. The zero-order chi connectivity index (χ0) is 19.7. The third kappa shape index (κ3) is 3.88. The van der Waals surface area contributed by atoms with Gasteiger partial charge in [-0.25, -0.2) is 0 Å². The number of benzene rings is 3. The maximum Gasteiger partial charge on any atom is 0.0915 e. The number of aliphatic hydroxyl groups excluding tert-OH is 1. The van der Waals surface area contributed by atoms with E-state index < -0.39 is 6.10 Å². The molecule has 0 radical (unpaired) electrons. The molecule has 2 atom stereocenters. The molecule has 1 aliphatic heterocycles.